The Morgan fingerprint density at radius 1 is 1.31 bits per heavy atom. The Labute approximate surface area is 188 Å². The normalized spacial score (nSPS) is 22.7. The lowest BCUT2D eigenvalue weighted by atomic mass is 9.97. The van der Waals surface area contributed by atoms with Gasteiger partial charge in [0.25, 0.3) is 5.91 Å². The van der Waals surface area contributed by atoms with Crippen LogP contribution in [0.4, 0.5) is 0 Å². The summed E-state index contributed by atoms with van der Waals surface area (Å²) in [5.74, 6) is 1.51. The number of amides is 1. The third-order valence-electron chi connectivity index (χ3n) is 6.10. The summed E-state index contributed by atoms with van der Waals surface area (Å²) in [4.78, 5) is 14.8. The van der Waals surface area contributed by atoms with Gasteiger partial charge in [-0.2, -0.15) is 10.4 Å². The molecule has 1 amide bonds. The zero-order chi connectivity index (χ0) is 22.5. The lowest BCUT2D eigenvalue weighted by Gasteiger charge is -2.25. The molecule has 2 heterocycles. The SMILES string of the molecule is CCCC1C(NC(=O)c2cc(C3=CCCC=C3Oc3ccccc3)n[nH]2)C(C)CN1C#N. The maximum absolute atomic E-state index is 13.0. The van der Waals surface area contributed by atoms with Gasteiger partial charge in [-0.3, -0.25) is 9.89 Å². The average Bonchev–Trinajstić information content (AvgIpc) is 3.41. The highest BCUT2D eigenvalue weighted by molar-refractivity contribution is 5.94. The smallest absolute Gasteiger partial charge is 0.269 e. The first-order valence-corrected chi connectivity index (χ1v) is 11.3. The van der Waals surface area contributed by atoms with Crippen LogP contribution in [0, 0.1) is 17.4 Å². The number of allylic oxidation sites excluding steroid dienone is 3. The van der Waals surface area contributed by atoms with E-state index in [1.54, 1.807) is 11.0 Å². The Kier molecular flexibility index (Phi) is 6.60. The van der Waals surface area contributed by atoms with E-state index < -0.39 is 0 Å². The highest BCUT2D eigenvalue weighted by Crippen LogP contribution is 2.30. The standard InChI is InChI=1S/C25H29N5O2/c1-3-9-22-24(17(2)15-30(22)16-26)27-25(31)21-14-20(28-29-21)19-12-7-8-13-23(19)32-18-10-5-4-6-11-18/h4-6,10-14,17,22,24H,3,7-9,15H2,1-2H3,(H,27,31)(H,28,29). The number of aromatic nitrogens is 2. The third kappa shape index (κ3) is 4.54. The molecule has 1 saturated heterocycles. The number of H-pyrrole nitrogens is 1. The lowest BCUT2D eigenvalue weighted by Crippen LogP contribution is -2.46. The molecule has 3 unspecified atom stereocenters. The second-order valence-electron chi connectivity index (χ2n) is 8.43. The number of rotatable bonds is 7. The van der Waals surface area contributed by atoms with Gasteiger partial charge in [-0.15, -0.1) is 0 Å². The third-order valence-corrected chi connectivity index (χ3v) is 6.10. The number of nitriles is 1. The molecule has 2 aromatic rings. The first kappa shape index (κ1) is 21.7. The Morgan fingerprint density at radius 3 is 2.84 bits per heavy atom. The van der Waals surface area contributed by atoms with Crippen LogP contribution in [-0.2, 0) is 0 Å². The molecule has 0 spiro atoms. The summed E-state index contributed by atoms with van der Waals surface area (Å²) < 4.78 is 6.08. The summed E-state index contributed by atoms with van der Waals surface area (Å²) in [6, 6.07) is 11.4. The summed E-state index contributed by atoms with van der Waals surface area (Å²) in [7, 11) is 0. The predicted molar refractivity (Wildman–Crippen MR) is 122 cm³/mol. The Bertz CT molecular complexity index is 1050. The maximum Gasteiger partial charge on any atom is 0.269 e. The first-order chi connectivity index (χ1) is 15.6. The summed E-state index contributed by atoms with van der Waals surface area (Å²) in [5, 5.41) is 19.9. The molecule has 0 radical (unpaired) electrons. The van der Waals surface area contributed by atoms with Crippen molar-refractivity contribution in [2.75, 3.05) is 6.54 Å². The number of para-hydroxylation sites is 1. The van der Waals surface area contributed by atoms with Crippen LogP contribution >= 0.6 is 0 Å². The molecule has 1 aromatic carbocycles. The molecule has 0 saturated carbocycles. The van der Waals surface area contributed by atoms with Crippen molar-refractivity contribution in [2.45, 2.75) is 51.6 Å². The van der Waals surface area contributed by atoms with E-state index in [0.717, 1.165) is 42.8 Å². The van der Waals surface area contributed by atoms with E-state index in [2.05, 4.69) is 47.7 Å². The number of hydrogen-bond acceptors (Lipinski definition) is 5. The topological polar surface area (TPSA) is 94.0 Å². The summed E-state index contributed by atoms with van der Waals surface area (Å²) in [6.07, 6.45) is 10.1. The molecular formula is C25H29N5O2. The summed E-state index contributed by atoms with van der Waals surface area (Å²) in [6.45, 7) is 4.84. The van der Waals surface area contributed by atoms with Gasteiger partial charge in [-0.1, -0.05) is 44.5 Å². The van der Waals surface area contributed by atoms with Gasteiger partial charge in [0, 0.05) is 12.1 Å². The molecule has 7 heteroatoms. The molecule has 4 rings (SSSR count). The van der Waals surface area contributed by atoms with Crippen LogP contribution in [0.5, 0.6) is 5.75 Å². The van der Waals surface area contributed by atoms with Gasteiger partial charge in [0.05, 0.1) is 17.8 Å². The monoisotopic (exact) mass is 431 g/mol. The molecule has 3 atom stereocenters. The number of hydrogen-bond donors (Lipinski definition) is 2. The molecule has 166 valence electrons. The van der Waals surface area contributed by atoms with Crippen molar-refractivity contribution >= 4 is 11.5 Å². The number of aromatic amines is 1. The Hall–Kier alpha value is -3.53. The molecule has 7 nitrogen and oxygen atoms in total. The van der Waals surface area contributed by atoms with E-state index in [1.807, 2.05) is 30.3 Å². The van der Waals surface area contributed by atoms with Gasteiger partial charge in [0.15, 0.2) is 6.19 Å². The van der Waals surface area contributed by atoms with Gasteiger partial charge in [-0.05, 0) is 49.5 Å². The largest absolute Gasteiger partial charge is 0.457 e. The van der Waals surface area contributed by atoms with Crippen LogP contribution in [0.25, 0.3) is 5.57 Å². The number of benzene rings is 1. The highest BCUT2D eigenvalue weighted by atomic mass is 16.5. The van der Waals surface area contributed by atoms with Crippen molar-refractivity contribution in [3.8, 4) is 11.9 Å². The van der Waals surface area contributed by atoms with Crippen LogP contribution in [0.2, 0.25) is 0 Å². The van der Waals surface area contributed by atoms with E-state index in [0.29, 0.717) is 17.9 Å². The van der Waals surface area contributed by atoms with Gasteiger partial charge in [-0.25, -0.2) is 0 Å². The fourth-order valence-electron chi connectivity index (χ4n) is 4.52. The number of likely N-dealkylation sites (tertiary alicyclic amines) is 1. The number of ether oxygens (including phenoxy) is 1. The van der Waals surface area contributed by atoms with E-state index in [-0.39, 0.29) is 23.9 Å². The van der Waals surface area contributed by atoms with E-state index >= 15 is 0 Å². The van der Waals surface area contributed by atoms with Crippen LogP contribution in [0.3, 0.4) is 0 Å². The van der Waals surface area contributed by atoms with Crippen LogP contribution in [0.15, 0.2) is 54.3 Å². The number of nitrogens with one attached hydrogen (secondary N) is 2. The lowest BCUT2D eigenvalue weighted by molar-refractivity contribution is 0.0915. The summed E-state index contributed by atoms with van der Waals surface area (Å²) >= 11 is 0. The molecular weight excluding hydrogens is 402 g/mol. The molecule has 0 bridgehead atoms. The quantitative estimate of drug-likeness (QED) is 0.639. The van der Waals surface area contributed by atoms with E-state index in [1.165, 1.54) is 0 Å². The minimum absolute atomic E-state index is 0.0289. The van der Waals surface area contributed by atoms with Crippen molar-refractivity contribution in [1.29, 1.82) is 5.26 Å². The molecule has 32 heavy (non-hydrogen) atoms. The first-order valence-electron chi connectivity index (χ1n) is 11.3. The Balaban J connectivity index is 1.48. The Morgan fingerprint density at radius 2 is 2.09 bits per heavy atom. The van der Waals surface area contributed by atoms with Gasteiger partial charge in [0.2, 0.25) is 0 Å². The molecule has 2 N–H and O–H groups in total. The molecule has 1 aliphatic carbocycles. The van der Waals surface area contributed by atoms with Crippen molar-refractivity contribution < 1.29 is 9.53 Å². The fourth-order valence-corrected chi connectivity index (χ4v) is 4.52. The number of carbonyl (C=O) groups is 1. The van der Waals surface area contributed by atoms with Gasteiger partial charge < -0.3 is 15.0 Å². The van der Waals surface area contributed by atoms with Crippen LogP contribution in [0.1, 0.15) is 55.7 Å². The molecule has 1 fully saturated rings. The van der Waals surface area contributed by atoms with Crippen molar-refractivity contribution in [2.24, 2.45) is 5.92 Å². The van der Waals surface area contributed by atoms with Crippen molar-refractivity contribution in [3.63, 3.8) is 0 Å². The van der Waals surface area contributed by atoms with E-state index in [9.17, 15) is 10.1 Å². The minimum atomic E-state index is -0.201. The highest BCUT2D eigenvalue weighted by Gasteiger charge is 2.39. The zero-order valence-corrected chi connectivity index (χ0v) is 18.5. The maximum atomic E-state index is 13.0. The number of carbonyl (C=O) groups excluding carboxylic acids is 1. The van der Waals surface area contributed by atoms with Crippen molar-refractivity contribution in [3.05, 3.63) is 65.7 Å². The molecule has 1 aliphatic heterocycles. The van der Waals surface area contributed by atoms with Gasteiger partial charge >= 0.3 is 0 Å². The number of nitrogens with zero attached hydrogens (tertiary/aromatic N) is 3. The predicted octanol–water partition coefficient (Wildman–Crippen LogP) is 4.25. The average molecular weight is 432 g/mol. The van der Waals surface area contributed by atoms with Crippen molar-refractivity contribution in [1.82, 2.24) is 20.4 Å². The van der Waals surface area contributed by atoms with Crippen LogP contribution < -0.4 is 10.1 Å². The minimum Gasteiger partial charge on any atom is -0.457 e. The molecule has 1 aromatic heterocycles. The zero-order valence-electron chi connectivity index (χ0n) is 18.5. The van der Waals surface area contributed by atoms with E-state index in [4.69, 9.17) is 4.74 Å². The fraction of sp³-hybridized carbons (Fsp3) is 0.400. The van der Waals surface area contributed by atoms with Crippen LogP contribution in [-0.4, -0.2) is 39.6 Å². The second kappa shape index (κ2) is 9.73. The molecule has 2 aliphatic rings. The van der Waals surface area contributed by atoms with Gasteiger partial charge in [0.1, 0.15) is 17.2 Å². The summed E-state index contributed by atoms with van der Waals surface area (Å²) in [5.41, 5.74) is 1.97. The second-order valence-corrected chi connectivity index (χ2v) is 8.43.